The van der Waals surface area contributed by atoms with Gasteiger partial charge in [0.05, 0.1) is 6.04 Å². The molecule has 0 aromatic carbocycles. The molecule has 1 saturated carbocycles. The quantitative estimate of drug-likeness (QED) is 0.836. The fourth-order valence-electron chi connectivity index (χ4n) is 2.45. The van der Waals surface area contributed by atoms with Crippen molar-refractivity contribution < 1.29 is 0 Å². The van der Waals surface area contributed by atoms with Crippen molar-refractivity contribution in [1.82, 2.24) is 14.9 Å². The van der Waals surface area contributed by atoms with Crippen LogP contribution < -0.4 is 15.8 Å². The fourth-order valence-corrected chi connectivity index (χ4v) is 2.45. The maximum Gasteiger partial charge on any atom is 0.293 e. The van der Waals surface area contributed by atoms with E-state index in [9.17, 15) is 4.79 Å². The van der Waals surface area contributed by atoms with Gasteiger partial charge in [0.1, 0.15) is 0 Å². The predicted octanol–water partition coefficient (Wildman–Crippen LogP) is 0.766. The monoisotopic (exact) mass is 248 g/mol. The highest BCUT2D eigenvalue weighted by Gasteiger charge is 2.30. The van der Waals surface area contributed by atoms with Crippen LogP contribution in [0.15, 0.2) is 17.2 Å². The topological polar surface area (TPSA) is 50.2 Å². The van der Waals surface area contributed by atoms with Gasteiger partial charge in [0.15, 0.2) is 5.82 Å². The van der Waals surface area contributed by atoms with Crippen molar-refractivity contribution >= 4 is 5.82 Å². The lowest BCUT2D eigenvalue weighted by atomic mass is 10.1. The molecule has 5 nitrogen and oxygen atoms in total. The Morgan fingerprint density at radius 2 is 2.28 bits per heavy atom. The zero-order valence-corrected chi connectivity index (χ0v) is 10.8. The molecule has 0 atom stereocenters. The molecule has 2 aliphatic rings. The van der Waals surface area contributed by atoms with Crippen LogP contribution in [-0.4, -0.2) is 35.2 Å². The van der Waals surface area contributed by atoms with Crippen LogP contribution in [0.5, 0.6) is 0 Å². The molecule has 1 aliphatic carbocycles. The SMILES string of the molecule is CCCN(c1nccn(C2CC2)c1=O)C1CNC1. The summed E-state index contributed by atoms with van der Waals surface area (Å²) in [6.07, 6.45) is 6.89. The Balaban J connectivity index is 1.92. The fraction of sp³-hybridized carbons (Fsp3) is 0.692. The Bertz CT molecular complexity index is 476. The maximum absolute atomic E-state index is 12.4. The molecule has 0 amide bonds. The molecular formula is C13H20N4O. The lowest BCUT2D eigenvalue weighted by molar-refractivity contribution is 0.408. The van der Waals surface area contributed by atoms with E-state index < -0.39 is 0 Å². The molecule has 0 unspecified atom stereocenters. The van der Waals surface area contributed by atoms with E-state index in [1.165, 1.54) is 0 Å². The predicted molar refractivity (Wildman–Crippen MR) is 71.1 cm³/mol. The van der Waals surface area contributed by atoms with Gasteiger partial charge in [-0.15, -0.1) is 0 Å². The summed E-state index contributed by atoms with van der Waals surface area (Å²) in [5, 5.41) is 3.26. The third-order valence-electron chi connectivity index (χ3n) is 3.73. The van der Waals surface area contributed by atoms with Gasteiger partial charge in [-0.25, -0.2) is 4.98 Å². The van der Waals surface area contributed by atoms with Crippen LogP contribution in [-0.2, 0) is 0 Å². The second-order valence-electron chi connectivity index (χ2n) is 5.20. The number of aromatic nitrogens is 2. The van der Waals surface area contributed by atoms with E-state index in [0.717, 1.165) is 38.9 Å². The highest BCUT2D eigenvalue weighted by molar-refractivity contribution is 5.38. The van der Waals surface area contributed by atoms with Crippen LogP contribution in [0.3, 0.4) is 0 Å². The van der Waals surface area contributed by atoms with Crippen molar-refractivity contribution in [3.8, 4) is 0 Å². The van der Waals surface area contributed by atoms with Crippen LogP contribution in [0.4, 0.5) is 5.82 Å². The van der Waals surface area contributed by atoms with E-state index in [0.29, 0.717) is 17.9 Å². The highest BCUT2D eigenvalue weighted by Crippen LogP contribution is 2.33. The minimum Gasteiger partial charge on any atom is -0.346 e. The van der Waals surface area contributed by atoms with Crippen molar-refractivity contribution in [1.29, 1.82) is 0 Å². The summed E-state index contributed by atoms with van der Waals surface area (Å²) in [5.41, 5.74) is 0.0837. The third kappa shape index (κ3) is 2.03. The van der Waals surface area contributed by atoms with Crippen molar-refractivity contribution in [2.24, 2.45) is 0 Å². The summed E-state index contributed by atoms with van der Waals surface area (Å²) in [7, 11) is 0. The minimum atomic E-state index is 0.0837. The molecule has 1 aromatic rings. The Kier molecular flexibility index (Phi) is 3.07. The molecule has 3 rings (SSSR count). The van der Waals surface area contributed by atoms with Gasteiger partial charge in [-0.3, -0.25) is 4.79 Å². The smallest absolute Gasteiger partial charge is 0.293 e. The molecule has 0 radical (unpaired) electrons. The van der Waals surface area contributed by atoms with Crippen molar-refractivity contribution in [2.75, 3.05) is 24.5 Å². The average molecular weight is 248 g/mol. The first-order valence-corrected chi connectivity index (χ1v) is 6.85. The van der Waals surface area contributed by atoms with E-state index in [4.69, 9.17) is 0 Å². The molecule has 1 saturated heterocycles. The van der Waals surface area contributed by atoms with Crippen LogP contribution in [0.1, 0.15) is 32.2 Å². The Hall–Kier alpha value is -1.36. The van der Waals surface area contributed by atoms with Gasteiger partial charge in [-0.1, -0.05) is 6.92 Å². The number of nitrogens with one attached hydrogen (secondary N) is 1. The second-order valence-corrected chi connectivity index (χ2v) is 5.20. The molecule has 98 valence electrons. The number of hydrogen-bond acceptors (Lipinski definition) is 4. The summed E-state index contributed by atoms with van der Waals surface area (Å²) in [5.74, 6) is 0.637. The van der Waals surface area contributed by atoms with Gasteiger partial charge >= 0.3 is 0 Å². The first kappa shape index (κ1) is 11.7. The Labute approximate surface area is 107 Å². The van der Waals surface area contributed by atoms with Gasteiger partial charge in [0.2, 0.25) is 0 Å². The van der Waals surface area contributed by atoms with Gasteiger partial charge in [0, 0.05) is 38.1 Å². The normalized spacial score (nSPS) is 19.6. The first-order chi connectivity index (χ1) is 8.81. The first-order valence-electron chi connectivity index (χ1n) is 6.85. The Morgan fingerprint density at radius 1 is 1.50 bits per heavy atom. The standard InChI is InChI=1S/C13H20N4O/c1-2-6-16(11-8-14-9-11)12-13(18)17(7-5-15-12)10-3-4-10/h5,7,10-11,14H,2-4,6,8-9H2,1H3. The molecule has 0 bridgehead atoms. The van der Waals surface area contributed by atoms with Crippen LogP contribution in [0.25, 0.3) is 0 Å². The molecule has 18 heavy (non-hydrogen) atoms. The van der Waals surface area contributed by atoms with Gasteiger partial charge in [-0.2, -0.15) is 0 Å². The van der Waals surface area contributed by atoms with Crippen molar-refractivity contribution in [2.45, 2.75) is 38.3 Å². The van der Waals surface area contributed by atoms with Crippen molar-refractivity contribution in [3.63, 3.8) is 0 Å². The zero-order chi connectivity index (χ0) is 12.5. The summed E-state index contributed by atoms with van der Waals surface area (Å²) in [6.45, 7) is 4.96. The molecule has 5 heteroatoms. The van der Waals surface area contributed by atoms with Gasteiger partial charge in [0.25, 0.3) is 5.56 Å². The molecule has 2 heterocycles. The summed E-state index contributed by atoms with van der Waals surface area (Å²) >= 11 is 0. The highest BCUT2D eigenvalue weighted by atomic mass is 16.1. The number of anilines is 1. The average Bonchev–Trinajstić information content (AvgIpc) is 3.10. The zero-order valence-electron chi connectivity index (χ0n) is 10.8. The largest absolute Gasteiger partial charge is 0.346 e. The van der Waals surface area contributed by atoms with E-state index in [1.807, 2.05) is 10.8 Å². The van der Waals surface area contributed by atoms with Crippen molar-refractivity contribution in [3.05, 3.63) is 22.7 Å². The minimum absolute atomic E-state index is 0.0837. The number of hydrogen-bond donors (Lipinski definition) is 1. The van der Waals surface area contributed by atoms with Crippen LogP contribution >= 0.6 is 0 Å². The lowest BCUT2D eigenvalue weighted by Crippen LogP contribution is -2.59. The van der Waals surface area contributed by atoms with Crippen LogP contribution in [0, 0.1) is 0 Å². The van der Waals surface area contributed by atoms with Gasteiger partial charge in [-0.05, 0) is 19.3 Å². The molecule has 1 aliphatic heterocycles. The third-order valence-corrected chi connectivity index (χ3v) is 3.73. The van der Waals surface area contributed by atoms with E-state index in [1.54, 1.807) is 6.20 Å². The molecule has 1 aromatic heterocycles. The molecule has 2 fully saturated rings. The molecule has 1 N–H and O–H groups in total. The molecule has 0 spiro atoms. The van der Waals surface area contributed by atoms with Crippen LogP contribution in [0.2, 0.25) is 0 Å². The lowest BCUT2D eigenvalue weighted by Gasteiger charge is -2.38. The number of rotatable bonds is 5. The summed E-state index contributed by atoms with van der Waals surface area (Å²) in [6, 6.07) is 0.849. The maximum atomic E-state index is 12.4. The van der Waals surface area contributed by atoms with Gasteiger partial charge < -0.3 is 14.8 Å². The van der Waals surface area contributed by atoms with E-state index in [-0.39, 0.29) is 5.56 Å². The van der Waals surface area contributed by atoms with E-state index in [2.05, 4.69) is 22.1 Å². The second kappa shape index (κ2) is 4.72. The molecular weight excluding hydrogens is 228 g/mol. The Morgan fingerprint density at radius 3 is 2.83 bits per heavy atom. The summed E-state index contributed by atoms with van der Waals surface area (Å²) < 4.78 is 1.86. The van der Waals surface area contributed by atoms with E-state index >= 15 is 0 Å². The number of nitrogens with zero attached hydrogens (tertiary/aromatic N) is 3. The summed E-state index contributed by atoms with van der Waals surface area (Å²) in [4.78, 5) is 19.0.